The number of hydrogen-bond donors (Lipinski definition) is 0. The highest BCUT2D eigenvalue weighted by atomic mass is 14.3. The van der Waals surface area contributed by atoms with E-state index in [0.717, 1.165) is 5.92 Å². The highest BCUT2D eigenvalue weighted by Gasteiger charge is 2.27. The third-order valence-corrected chi connectivity index (χ3v) is 4.74. The van der Waals surface area contributed by atoms with Crippen LogP contribution in [0.4, 0.5) is 0 Å². The van der Waals surface area contributed by atoms with E-state index in [-0.39, 0.29) is 0 Å². The summed E-state index contributed by atoms with van der Waals surface area (Å²) in [7, 11) is 0. The second-order valence-corrected chi connectivity index (χ2v) is 6.09. The van der Waals surface area contributed by atoms with Crippen LogP contribution in [0.15, 0.2) is 60.7 Å². The summed E-state index contributed by atoms with van der Waals surface area (Å²) in [6, 6.07) is 22.1. The molecule has 0 spiro atoms. The smallest absolute Gasteiger partial charge is 0.00675 e. The average Bonchev–Trinajstić information content (AvgIpc) is 2.56. The largest absolute Gasteiger partial charge is 0.0654 e. The molecule has 2 aromatic rings. The van der Waals surface area contributed by atoms with Gasteiger partial charge in [-0.25, -0.2) is 0 Å². The minimum atomic E-state index is 0.560. The van der Waals surface area contributed by atoms with Gasteiger partial charge in [0, 0.05) is 0 Å². The molecule has 0 nitrogen and oxygen atoms in total. The molecule has 0 amide bonds. The molecule has 3 unspecified atom stereocenters. The first-order valence-electron chi connectivity index (χ1n) is 8.37. The Bertz CT molecular complexity index is 500. The maximum atomic E-state index is 2.39. The maximum absolute atomic E-state index is 2.39. The third-order valence-electron chi connectivity index (χ3n) is 4.74. The number of hydrogen-bond acceptors (Lipinski definition) is 0. The standard InChI is InChI=1S/C21H28/c1-4-12-18(5-2)21(20-15-10-7-11-16-20)17(3)19-13-8-6-9-14-19/h6-11,13-18,21H,4-5,12H2,1-3H3. The molecular formula is C21H28. The highest BCUT2D eigenvalue weighted by Crippen LogP contribution is 2.41. The Morgan fingerprint density at radius 3 is 1.76 bits per heavy atom. The Morgan fingerprint density at radius 2 is 1.29 bits per heavy atom. The molecule has 112 valence electrons. The van der Waals surface area contributed by atoms with Crippen LogP contribution in [0.5, 0.6) is 0 Å². The Morgan fingerprint density at radius 1 is 0.762 bits per heavy atom. The van der Waals surface area contributed by atoms with Gasteiger partial charge in [-0.2, -0.15) is 0 Å². The number of rotatable bonds is 7. The Balaban J connectivity index is 2.35. The van der Waals surface area contributed by atoms with Crippen molar-refractivity contribution in [3.63, 3.8) is 0 Å². The van der Waals surface area contributed by atoms with Gasteiger partial charge in [0.1, 0.15) is 0 Å². The van der Waals surface area contributed by atoms with Crippen LogP contribution in [0.1, 0.15) is 63.0 Å². The lowest BCUT2D eigenvalue weighted by atomic mass is 9.72. The minimum absolute atomic E-state index is 0.560. The first-order chi connectivity index (χ1) is 10.3. The molecule has 2 rings (SSSR count). The van der Waals surface area contributed by atoms with E-state index in [2.05, 4.69) is 81.4 Å². The molecule has 0 aliphatic rings. The summed E-state index contributed by atoms with van der Waals surface area (Å²) >= 11 is 0. The Labute approximate surface area is 130 Å². The van der Waals surface area contributed by atoms with E-state index >= 15 is 0 Å². The van der Waals surface area contributed by atoms with Crippen molar-refractivity contribution in [2.75, 3.05) is 0 Å². The van der Waals surface area contributed by atoms with E-state index in [1.807, 2.05) is 0 Å². The molecule has 0 heteroatoms. The first-order valence-corrected chi connectivity index (χ1v) is 8.37. The maximum Gasteiger partial charge on any atom is -0.00675 e. The van der Waals surface area contributed by atoms with Crippen LogP contribution in [0.3, 0.4) is 0 Å². The summed E-state index contributed by atoms with van der Waals surface area (Å²) in [5.41, 5.74) is 2.95. The van der Waals surface area contributed by atoms with Crippen LogP contribution < -0.4 is 0 Å². The highest BCUT2D eigenvalue weighted by molar-refractivity contribution is 5.28. The average molecular weight is 280 g/mol. The lowest BCUT2D eigenvalue weighted by Gasteiger charge is -2.32. The van der Waals surface area contributed by atoms with Crippen LogP contribution in [0, 0.1) is 5.92 Å². The molecule has 0 radical (unpaired) electrons. The van der Waals surface area contributed by atoms with E-state index in [9.17, 15) is 0 Å². The monoisotopic (exact) mass is 280 g/mol. The van der Waals surface area contributed by atoms with Crippen molar-refractivity contribution in [3.8, 4) is 0 Å². The molecule has 0 heterocycles. The van der Waals surface area contributed by atoms with Crippen molar-refractivity contribution in [1.29, 1.82) is 0 Å². The molecule has 0 saturated heterocycles. The van der Waals surface area contributed by atoms with Crippen molar-refractivity contribution in [2.45, 2.75) is 51.9 Å². The van der Waals surface area contributed by atoms with E-state index in [1.165, 1.54) is 30.4 Å². The van der Waals surface area contributed by atoms with Gasteiger partial charge in [-0.05, 0) is 28.9 Å². The van der Waals surface area contributed by atoms with Crippen molar-refractivity contribution in [2.24, 2.45) is 5.92 Å². The summed E-state index contributed by atoms with van der Waals surface area (Å²) in [6.07, 6.45) is 3.83. The molecule has 0 saturated carbocycles. The second kappa shape index (κ2) is 8.02. The summed E-state index contributed by atoms with van der Waals surface area (Å²) in [5, 5.41) is 0. The molecule has 3 atom stereocenters. The molecular weight excluding hydrogens is 252 g/mol. The summed E-state index contributed by atoms with van der Waals surface area (Å²) in [5.74, 6) is 1.93. The van der Waals surface area contributed by atoms with Crippen LogP contribution in [0.2, 0.25) is 0 Å². The zero-order chi connectivity index (χ0) is 15.1. The first kappa shape index (κ1) is 15.8. The van der Waals surface area contributed by atoms with E-state index < -0.39 is 0 Å². The van der Waals surface area contributed by atoms with Gasteiger partial charge in [0.05, 0.1) is 0 Å². The second-order valence-electron chi connectivity index (χ2n) is 6.09. The minimum Gasteiger partial charge on any atom is -0.0654 e. The van der Waals surface area contributed by atoms with Crippen LogP contribution in [-0.4, -0.2) is 0 Å². The fourth-order valence-corrected chi connectivity index (χ4v) is 3.62. The van der Waals surface area contributed by atoms with Gasteiger partial charge in [0.25, 0.3) is 0 Å². The number of benzene rings is 2. The van der Waals surface area contributed by atoms with Crippen LogP contribution >= 0.6 is 0 Å². The molecule has 0 aliphatic carbocycles. The SMILES string of the molecule is CCCC(CC)C(c1ccccc1)C(C)c1ccccc1. The topological polar surface area (TPSA) is 0 Å². The summed E-state index contributed by atoms with van der Waals surface area (Å²) in [6.45, 7) is 7.04. The predicted molar refractivity (Wildman–Crippen MR) is 92.7 cm³/mol. The third kappa shape index (κ3) is 3.97. The van der Waals surface area contributed by atoms with Gasteiger partial charge in [0.2, 0.25) is 0 Å². The Kier molecular flexibility index (Phi) is 6.04. The molecule has 0 aromatic heterocycles. The molecule has 2 aromatic carbocycles. The van der Waals surface area contributed by atoms with Crippen molar-refractivity contribution >= 4 is 0 Å². The van der Waals surface area contributed by atoms with Gasteiger partial charge < -0.3 is 0 Å². The van der Waals surface area contributed by atoms with Gasteiger partial charge >= 0.3 is 0 Å². The van der Waals surface area contributed by atoms with Gasteiger partial charge in [-0.3, -0.25) is 0 Å². The lowest BCUT2D eigenvalue weighted by molar-refractivity contribution is 0.343. The van der Waals surface area contributed by atoms with Gasteiger partial charge in [-0.1, -0.05) is 101 Å². The van der Waals surface area contributed by atoms with Crippen molar-refractivity contribution in [3.05, 3.63) is 71.8 Å². The predicted octanol–water partition coefficient (Wildman–Crippen LogP) is 6.40. The van der Waals surface area contributed by atoms with Crippen LogP contribution in [-0.2, 0) is 0 Å². The fraction of sp³-hybridized carbons (Fsp3) is 0.429. The van der Waals surface area contributed by atoms with E-state index in [4.69, 9.17) is 0 Å². The summed E-state index contributed by atoms with van der Waals surface area (Å²) in [4.78, 5) is 0. The zero-order valence-corrected chi connectivity index (χ0v) is 13.6. The summed E-state index contributed by atoms with van der Waals surface area (Å²) < 4.78 is 0. The molecule has 0 N–H and O–H groups in total. The quantitative estimate of drug-likeness (QED) is 0.550. The zero-order valence-electron chi connectivity index (χ0n) is 13.6. The molecule has 0 fully saturated rings. The normalized spacial score (nSPS) is 15.4. The van der Waals surface area contributed by atoms with Gasteiger partial charge in [0.15, 0.2) is 0 Å². The lowest BCUT2D eigenvalue weighted by Crippen LogP contribution is -2.18. The molecule has 0 bridgehead atoms. The molecule has 0 aliphatic heterocycles. The Hall–Kier alpha value is -1.56. The van der Waals surface area contributed by atoms with E-state index in [0.29, 0.717) is 11.8 Å². The van der Waals surface area contributed by atoms with Gasteiger partial charge in [-0.15, -0.1) is 0 Å². The van der Waals surface area contributed by atoms with Crippen molar-refractivity contribution in [1.82, 2.24) is 0 Å². The van der Waals surface area contributed by atoms with Crippen LogP contribution in [0.25, 0.3) is 0 Å². The van der Waals surface area contributed by atoms with E-state index in [1.54, 1.807) is 0 Å². The fourth-order valence-electron chi connectivity index (χ4n) is 3.62. The molecule has 21 heavy (non-hydrogen) atoms. The van der Waals surface area contributed by atoms with Crippen molar-refractivity contribution < 1.29 is 0 Å².